The van der Waals surface area contributed by atoms with E-state index in [9.17, 15) is 4.79 Å². The number of pyridine rings is 1. The zero-order valence-electron chi connectivity index (χ0n) is 7.70. The Morgan fingerprint density at radius 2 is 2.38 bits per heavy atom. The number of hydrogen-bond donors (Lipinski definition) is 1. The number of nitrogens with two attached hydrogens (primary N) is 1. The maximum atomic E-state index is 10.9. The van der Waals surface area contributed by atoms with Crippen molar-refractivity contribution in [3.63, 3.8) is 0 Å². The molecular weight excluding hydrogens is 168 g/mol. The minimum absolute atomic E-state index is 0.178. The fourth-order valence-corrected chi connectivity index (χ4v) is 1.01. The summed E-state index contributed by atoms with van der Waals surface area (Å²) in [6.07, 6.45) is 1.84. The molecule has 1 aromatic heterocycles. The average molecular weight is 180 g/mol. The molecule has 0 amide bonds. The van der Waals surface area contributed by atoms with E-state index in [0.29, 0.717) is 11.4 Å². The second-order valence-electron chi connectivity index (χ2n) is 2.81. The van der Waals surface area contributed by atoms with Crippen LogP contribution in [0.4, 0.5) is 5.82 Å². The van der Waals surface area contributed by atoms with E-state index in [2.05, 4.69) is 9.72 Å². The lowest BCUT2D eigenvalue weighted by atomic mass is 10.1. The van der Waals surface area contributed by atoms with Gasteiger partial charge in [0, 0.05) is 11.8 Å². The molecule has 1 heterocycles. The molecule has 0 aromatic carbocycles. The van der Waals surface area contributed by atoms with Gasteiger partial charge in [-0.1, -0.05) is 6.07 Å². The Morgan fingerprint density at radius 3 is 3.00 bits per heavy atom. The molecule has 4 heteroatoms. The molecule has 4 nitrogen and oxygen atoms in total. The smallest absolute Gasteiger partial charge is 0.310 e. The Bertz CT molecular complexity index is 323. The molecule has 2 N–H and O–H groups in total. The van der Waals surface area contributed by atoms with Gasteiger partial charge in [-0.05, 0) is 12.5 Å². The summed E-state index contributed by atoms with van der Waals surface area (Å²) >= 11 is 0. The number of carbonyl (C=O) groups is 1. The van der Waals surface area contributed by atoms with E-state index in [4.69, 9.17) is 5.73 Å². The normalized spacial score (nSPS) is 9.69. The number of esters is 1. The van der Waals surface area contributed by atoms with Gasteiger partial charge in [0.1, 0.15) is 5.82 Å². The van der Waals surface area contributed by atoms with Gasteiger partial charge in [-0.2, -0.15) is 0 Å². The lowest BCUT2D eigenvalue weighted by molar-refractivity contribution is -0.139. The molecule has 0 fully saturated rings. The minimum Gasteiger partial charge on any atom is -0.469 e. The van der Waals surface area contributed by atoms with Crippen molar-refractivity contribution in [3.8, 4) is 0 Å². The molecule has 0 aliphatic carbocycles. The second kappa shape index (κ2) is 3.89. The van der Waals surface area contributed by atoms with E-state index < -0.39 is 0 Å². The van der Waals surface area contributed by atoms with Crippen LogP contribution in [-0.4, -0.2) is 18.1 Å². The van der Waals surface area contributed by atoms with Crippen molar-refractivity contribution < 1.29 is 9.53 Å². The van der Waals surface area contributed by atoms with E-state index in [1.807, 2.05) is 13.0 Å². The number of aromatic nitrogens is 1. The number of nitrogens with zero attached hydrogens (tertiary/aromatic N) is 1. The minimum atomic E-state index is -0.306. The van der Waals surface area contributed by atoms with Crippen LogP contribution >= 0.6 is 0 Å². The number of anilines is 1. The third kappa shape index (κ3) is 2.43. The Hall–Kier alpha value is -1.58. The fourth-order valence-electron chi connectivity index (χ4n) is 1.01. The van der Waals surface area contributed by atoms with Crippen LogP contribution in [0.15, 0.2) is 12.3 Å². The first-order chi connectivity index (χ1) is 6.13. The molecule has 1 rings (SSSR count). The predicted octanol–water partition coefficient (Wildman–Crippen LogP) is 0.688. The first-order valence-electron chi connectivity index (χ1n) is 3.91. The molecule has 0 atom stereocenters. The van der Waals surface area contributed by atoms with Crippen molar-refractivity contribution in [2.75, 3.05) is 12.8 Å². The molecule has 1 aromatic rings. The van der Waals surface area contributed by atoms with Gasteiger partial charge in [0.15, 0.2) is 0 Å². The number of rotatable bonds is 2. The molecule has 0 aliphatic rings. The molecular formula is C9H12N2O2. The summed E-state index contributed by atoms with van der Waals surface area (Å²) in [5.41, 5.74) is 7.27. The highest BCUT2D eigenvalue weighted by molar-refractivity contribution is 5.74. The van der Waals surface area contributed by atoms with Crippen molar-refractivity contribution in [1.29, 1.82) is 0 Å². The summed E-state index contributed by atoms with van der Waals surface area (Å²) in [5, 5.41) is 0. The number of methoxy groups -OCH3 is 1. The predicted molar refractivity (Wildman–Crippen MR) is 49.1 cm³/mol. The molecule has 0 aliphatic heterocycles. The number of aryl methyl sites for hydroxylation is 1. The van der Waals surface area contributed by atoms with E-state index in [-0.39, 0.29) is 12.4 Å². The van der Waals surface area contributed by atoms with Crippen LogP contribution in [0, 0.1) is 6.92 Å². The van der Waals surface area contributed by atoms with E-state index in [1.54, 1.807) is 6.20 Å². The molecule has 0 saturated heterocycles. The summed E-state index contributed by atoms with van der Waals surface area (Å²) in [7, 11) is 1.35. The second-order valence-corrected chi connectivity index (χ2v) is 2.81. The number of ether oxygens (including phenoxy) is 1. The van der Waals surface area contributed by atoms with Crippen molar-refractivity contribution in [2.24, 2.45) is 0 Å². The average Bonchev–Trinajstić information content (AvgIpc) is 2.11. The summed E-state index contributed by atoms with van der Waals surface area (Å²) in [4.78, 5) is 14.9. The highest BCUT2D eigenvalue weighted by Crippen LogP contribution is 2.11. The monoisotopic (exact) mass is 180 g/mol. The third-order valence-corrected chi connectivity index (χ3v) is 1.70. The van der Waals surface area contributed by atoms with E-state index >= 15 is 0 Å². The lowest BCUT2D eigenvalue weighted by Gasteiger charge is -2.03. The van der Waals surface area contributed by atoms with Crippen LogP contribution < -0.4 is 5.73 Å². The highest BCUT2D eigenvalue weighted by atomic mass is 16.5. The molecule has 0 spiro atoms. The maximum absolute atomic E-state index is 10.9. The Kier molecular flexibility index (Phi) is 2.84. The van der Waals surface area contributed by atoms with Gasteiger partial charge >= 0.3 is 5.97 Å². The number of nitrogen functional groups attached to an aromatic ring is 1. The summed E-state index contributed by atoms with van der Waals surface area (Å²) in [6.45, 7) is 1.90. The zero-order valence-corrected chi connectivity index (χ0v) is 7.70. The molecule has 0 radical (unpaired) electrons. The Labute approximate surface area is 76.7 Å². The molecule has 70 valence electrons. The first-order valence-corrected chi connectivity index (χ1v) is 3.91. The van der Waals surface area contributed by atoms with Gasteiger partial charge in [0.25, 0.3) is 0 Å². The van der Waals surface area contributed by atoms with Gasteiger partial charge in [-0.15, -0.1) is 0 Å². The molecule has 0 bridgehead atoms. The third-order valence-electron chi connectivity index (χ3n) is 1.70. The fraction of sp³-hybridized carbons (Fsp3) is 0.333. The quantitative estimate of drug-likeness (QED) is 0.680. The summed E-state index contributed by atoms with van der Waals surface area (Å²) < 4.78 is 4.53. The standard InChI is InChI=1S/C9H12N2O2/c1-6-3-7(4-8(12)13-2)9(10)11-5-6/h3,5H,4H2,1-2H3,(H2,10,11). The van der Waals surface area contributed by atoms with Crippen molar-refractivity contribution >= 4 is 11.8 Å². The SMILES string of the molecule is COC(=O)Cc1cc(C)cnc1N. The van der Waals surface area contributed by atoms with Crippen LogP contribution in [0.5, 0.6) is 0 Å². The van der Waals surface area contributed by atoms with Gasteiger partial charge in [0.2, 0.25) is 0 Å². The van der Waals surface area contributed by atoms with Gasteiger partial charge < -0.3 is 10.5 Å². The Balaban J connectivity index is 2.87. The van der Waals surface area contributed by atoms with Gasteiger partial charge in [0.05, 0.1) is 13.5 Å². The first kappa shape index (κ1) is 9.51. The van der Waals surface area contributed by atoms with E-state index in [0.717, 1.165) is 5.56 Å². The summed E-state index contributed by atoms with van der Waals surface area (Å²) in [5.74, 6) is 0.0788. The molecule has 0 saturated carbocycles. The van der Waals surface area contributed by atoms with E-state index in [1.165, 1.54) is 7.11 Å². The van der Waals surface area contributed by atoms with Crippen LogP contribution in [0.3, 0.4) is 0 Å². The van der Waals surface area contributed by atoms with Gasteiger partial charge in [-0.3, -0.25) is 4.79 Å². The number of hydrogen-bond acceptors (Lipinski definition) is 4. The summed E-state index contributed by atoms with van der Waals surface area (Å²) in [6, 6.07) is 1.83. The van der Waals surface area contributed by atoms with Crippen LogP contribution in [-0.2, 0) is 16.0 Å². The lowest BCUT2D eigenvalue weighted by Crippen LogP contribution is -2.08. The van der Waals surface area contributed by atoms with Crippen LogP contribution in [0.25, 0.3) is 0 Å². The van der Waals surface area contributed by atoms with Crippen molar-refractivity contribution in [2.45, 2.75) is 13.3 Å². The number of carbonyl (C=O) groups excluding carboxylic acids is 1. The maximum Gasteiger partial charge on any atom is 0.310 e. The largest absolute Gasteiger partial charge is 0.469 e. The van der Waals surface area contributed by atoms with Crippen LogP contribution in [0.2, 0.25) is 0 Å². The van der Waals surface area contributed by atoms with Gasteiger partial charge in [-0.25, -0.2) is 4.98 Å². The highest BCUT2D eigenvalue weighted by Gasteiger charge is 2.06. The zero-order chi connectivity index (χ0) is 9.84. The van der Waals surface area contributed by atoms with Crippen molar-refractivity contribution in [1.82, 2.24) is 4.98 Å². The molecule has 13 heavy (non-hydrogen) atoms. The van der Waals surface area contributed by atoms with Crippen LogP contribution in [0.1, 0.15) is 11.1 Å². The van der Waals surface area contributed by atoms with Crippen molar-refractivity contribution in [3.05, 3.63) is 23.4 Å². The molecule has 0 unspecified atom stereocenters. The Morgan fingerprint density at radius 1 is 1.69 bits per heavy atom. The topological polar surface area (TPSA) is 65.2 Å².